The highest BCUT2D eigenvalue weighted by Crippen LogP contribution is 2.22. The van der Waals surface area contributed by atoms with Crippen molar-refractivity contribution in [2.24, 2.45) is 0 Å². The average Bonchev–Trinajstić information content (AvgIpc) is 2.21. The number of anilines is 2. The summed E-state index contributed by atoms with van der Waals surface area (Å²) < 4.78 is 0. The lowest BCUT2D eigenvalue weighted by Crippen LogP contribution is -2.20. The van der Waals surface area contributed by atoms with E-state index in [0.29, 0.717) is 11.0 Å². The van der Waals surface area contributed by atoms with Gasteiger partial charge in [-0.15, -0.1) is 0 Å². The molecule has 15 heavy (non-hydrogen) atoms. The van der Waals surface area contributed by atoms with Crippen molar-refractivity contribution in [1.82, 2.24) is 9.97 Å². The standard InChI is InChI=1S/C10H17ClN4/c1-4-6-15(3)9-8(11)7-13-10(14-9)12-5-2/h7H,4-6H2,1-3H3,(H,12,13,14). The van der Waals surface area contributed by atoms with Gasteiger partial charge >= 0.3 is 0 Å². The van der Waals surface area contributed by atoms with Gasteiger partial charge in [0.1, 0.15) is 5.02 Å². The molecule has 0 saturated carbocycles. The summed E-state index contributed by atoms with van der Waals surface area (Å²) >= 11 is 6.03. The third-order valence-electron chi connectivity index (χ3n) is 1.98. The molecule has 1 aromatic heterocycles. The van der Waals surface area contributed by atoms with E-state index < -0.39 is 0 Å². The van der Waals surface area contributed by atoms with Crippen LogP contribution >= 0.6 is 11.6 Å². The second kappa shape index (κ2) is 5.75. The maximum absolute atomic E-state index is 6.03. The molecule has 1 aromatic rings. The van der Waals surface area contributed by atoms with Gasteiger partial charge in [0.15, 0.2) is 5.82 Å². The summed E-state index contributed by atoms with van der Waals surface area (Å²) in [6, 6.07) is 0. The summed E-state index contributed by atoms with van der Waals surface area (Å²) in [5, 5.41) is 3.65. The second-order valence-electron chi connectivity index (χ2n) is 3.32. The van der Waals surface area contributed by atoms with Crippen LogP contribution in [0.5, 0.6) is 0 Å². The molecular formula is C10H17ClN4. The van der Waals surface area contributed by atoms with Crippen LogP contribution in [0.4, 0.5) is 11.8 Å². The summed E-state index contributed by atoms with van der Waals surface area (Å²) in [7, 11) is 1.98. The predicted molar refractivity (Wildman–Crippen MR) is 64.8 cm³/mol. The Morgan fingerprint density at radius 3 is 2.80 bits per heavy atom. The van der Waals surface area contributed by atoms with Crippen LogP contribution in [0.1, 0.15) is 20.3 Å². The number of hydrogen-bond acceptors (Lipinski definition) is 4. The summed E-state index contributed by atoms with van der Waals surface area (Å²) in [6.07, 6.45) is 2.70. The predicted octanol–water partition coefficient (Wildman–Crippen LogP) is 2.41. The van der Waals surface area contributed by atoms with E-state index in [2.05, 4.69) is 22.2 Å². The molecule has 1 heterocycles. The summed E-state index contributed by atoms with van der Waals surface area (Å²) in [4.78, 5) is 10.5. The van der Waals surface area contributed by atoms with Gasteiger partial charge in [0.2, 0.25) is 5.95 Å². The van der Waals surface area contributed by atoms with Crippen LogP contribution in [0, 0.1) is 0 Å². The molecule has 4 nitrogen and oxygen atoms in total. The summed E-state index contributed by atoms with van der Waals surface area (Å²) in [6.45, 7) is 5.87. The van der Waals surface area contributed by atoms with Crippen LogP contribution in [0.2, 0.25) is 5.02 Å². The third kappa shape index (κ3) is 3.23. The second-order valence-corrected chi connectivity index (χ2v) is 3.72. The van der Waals surface area contributed by atoms with Crippen molar-refractivity contribution >= 4 is 23.4 Å². The zero-order valence-corrected chi connectivity index (χ0v) is 10.2. The van der Waals surface area contributed by atoms with Crippen molar-refractivity contribution in [2.75, 3.05) is 30.4 Å². The lowest BCUT2D eigenvalue weighted by molar-refractivity contribution is 0.834. The Kier molecular flexibility index (Phi) is 4.62. The Balaban J connectivity index is 2.89. The SMILES string of the molecule is CCCN(C)c1nc(NCC)ncc1Cl. The molecule has 0 aliphatic carbocycles. The van der Waals surface area contributed by atoms with Gasteiger partial charge in [-0.05, 0) is 13.3 Å². The van der Waals surface area contributed by atoms with Gasteiger partial charge in [0.25, 0.3) is 0 Å². The Hall–Kier alpha value is -1.03. The maximum atomic E-state index is 6.03. The Morgan fingerprint density at radius 2 is 2.20 bits per heavy atom. The van der Waals surface area contributed by atoms with Crippen molar-refractivity contribution in [1.29, 1.82) is 0 Å². The van der Waals surface area contributed by atoms with Crippen molar-refractivity contribution in [3.63, 3.8) is 0 Å². The van der Waals surface area contributed by atoms with Crippen LogP contribution < -0.4 is 10.2 Å². The molecule has 0 spiro atoms. The van der Waals surface area contributed by atoms with Crippen molar-refractivity contribution in [3.8, 4) is 0 Å². The molecule has 0 radical (unpaired) electrons. The molecule has 0 atom stereocenters. The van der Waals surface area contributed by atoms with Gasteiger partial charge in [0.05, 0.1) is 6.20 Å². The Morgan fingerprint density at radius 1 is 1.47 bits per heavy atom. The lowest BCUT2D eigenvalue weighted by atomic mass is 10.4. The van der Waals surface area contributed by atoms with E-state index in [1.54, 1.807) is 6.20 Å². The zero-order valence-electron chi connectivity index (χ0n) is 9.42. The molecular weight excluding hydrogens is 212 g/mol. The van der Waals surface area contributed by atoms with Crippen LogP contribution in [0.15, 0.2) is 6.20 Å². The minimum absolute atomic E-state index is 0.590. The van der Waals surface area contributed by atoms with Gasteiger partial charge in [-0.1, -0.05) is 18.5 Å². The highest BCUT2D eigenvalue weighted by Gasteiger charge is 2.08. The van der Waals surface area contributed by atoms with Crippen LogP contribution in [-0.4, -0.2) is 30.1 Å². The van der Waals surface area contributed by atoms with E-state index in [9.17, 15) is 0 Å². The molecule has 1 rings (SSSR count). The zero-order chi connectivity index (χ0) is 11.3. The minimum Gasteiger partial charge on any atom is -0.358 e. The number of aromatic nitrogens is 2. The highest BCUT2D eigenvalue weighted by molar-refractivity contribution is 6.32. The molecule has 0 fully saturated rings. The maximum Gasteiger partial charge on any atom is 0.224 e. The van der Waals surface area contributed by atoms with Crippen LogP contribution in [0.3, 0.4) is 0 Å². The fraction of sp³-hybridized carbons (Fsp3) is 0.600. The van der Waals surface area contributed by atoms with Crippen molar-refractivity contribution < 1.29 is 0 Å². The quantitative estimate of drug-likeness (QED) is 0.841. The van der Waals surface area contributed by atoms with Gasteiger partial charge < -0.3 is 10.2 Å². The van der Waals surface area contributed by atoms with E-state index in [4.69, 9.17) is 11.6 Å². The minimum atomic E-state index is 0.590. The molecule has 0 bridgehead atoms. The number of hydrogen-bond donors (Lipinski definition) is 1. The number of rotatable bonds is 5. The van der Waals surface area contributed by atoms with Crippen molar-refractivity contribution in [3.05, 3.63) is 11.2 Å². The summed E-state index contributed by atoms with van der Waals surface area (Å²) in [5.41, 5.74) is 0. The molecule has 0 saturated heterocycles. The number of nitrogens with zero attached hydrogens (tertiary/aromatic N) is 3. The lowest BCUT2D eigenvalue weighted by Gasteiger charge is -2.18. The Bertz CT molecular complexity index is 316. The first-order valence-electron chi connectivity index (χ1n) is 5.16. The highest BCUT2D eigenvalue weighted by atomic mass is 35.5. The summed E-state index contributed by atoms with van der Waals surface area (Å²) in [5.74, 6) is 1.41. The molecule has 0 aromatic carbocycles. The van der Waals surface area contributed by atoms with E-state index in [-0.39, 0.29) is 0 Å². The fourth-order valence-corrected chi connectivity index (χ4v) is 1.55. The van der Waals surface area contributed by atoms with E-state index >= 15 is 0 Å². The van der Waals surface area contributed by atoms with Gasteiger partial charge in [0, 0.05) is 20.1 Å². The van der Waals surface area contributed by atoms with E-state index in [1.807, 2.05) is 18.9 Å². The number of halogens is 1. The molecule has 1 N–H and O–H groups in total. The van der Waals surface area contributed by atoms with Crippen LogP contribution in [-0.2, 0) is 0 Å². The molecule has 0 aliphatic rings. The largest absolute Gasteiger partial charge is 0.358 e. The molecule has 0 aliphatic heterocycles. The van der Waals surface area contributed by atoms with Crippen LogP contribution in [0.25, 0.3) is 0 Å². The average molecular weight is 229 g/mol. The first-order valence-corrected chi connectivity index (χ1v) is 5.54. The Labute approximate surface area is 95.7 Å². The van der Waals surface area contributed by atoms with Gasteiger partial charge in [-0.25, -0.2) is 4.98 Å². The third-order valence-corrected chi connectivity index (χ3v) is 2.25. The normalized spacial score (nSPS) is 10.1. The van der Waals surface area contributed by atoms with Gasteiger partial charge in [-0.3, -0.25) is 0 Å². The molecule has 5 heteroatoms. The molecule has 84 valence electrons. The van der Waals surface area contributed by atoms with Crippen molar-refractivity contribution in [2.45, 2.75) is 20.3 Å². The monoisotopic (exact) mass is 228 g/mol. The van der Waals surface area contributed by atoms with E-state index in [1.165, 1.54) is 0 Å². The first kappa shape index (κ1) is 12.0. The first-order chi connectivity index (χ1) is 7.19. The van der Waals surface area contributed by atoms with E-state index in [0.717, 1.165) is 25.3 Å². The topological polar surface area (TPSA) is 41.1 Å². The smallest absolute Gasteiger partial charge is 0.224 e. The molecule has 0 unspecified atom stereocenters. The molecule has 0 amide bonds. The number of nitrogens with one attached hydrogen (secondary N) is 1. The fourth-order valence-electron chi connectivity index (χ4n) is 1.31. The van der Waals surface area contributed by atoms with Gasteiger partial charge in [-0.2, -0.15) is 4.98 Å².